The molecule has 1 amide bonds. The van der Waals surface area contributed by atoms with Gasteiger partial charge in [-0.1, -0.05) is 6.92 Å². The number of carbonyl (C=O) groups is 2. The fraction of sp³-hybridized carbons (Fsp3) is 0.385. The summed E-state index contributed by atoms with van der Waals surface area (Å²) in [5.41, 5.74) is -1.91. The maximum Gasteiger partial charge on any atom is 0.329 e. The zero-order chi connectivity index (χ0) is 15.8. The Morgan fingerprint density at radius 3 is 2.76 bits per heavy atom. The Balaban J connectivity index is 2.52. The third-order valence-corrected chi connectivity index (χ3v) is 3.47. The lowest BCUT2D eigenvalue weighted by atomic mass is 9.98. The van der Waals surface area contributed by atoms with Crippen LogP contribution in [0, 0.1) is 6.92 Å². The summed E-state index contributed by atoms with van der Waals surface area (Å²) in [4.78, 5) is 41.6. The van der Waals surface area contributed by atoms with Crippen LogP contribution >= 0.6 is 0 Å². The molecule has 0 fully saturated rings. The third-order valence-electron chi connectivity index (χ3n) is 3.47. The molecule has 2 aromatic heterocycles. The molecule has 0 aliphatic carbocycles. The predicted octanol–water partition coefficient (Wildman–Crippen LogP) is 0.808. The highest BCUT2D eigenvalue weighted by Gasteiger charge is 2.35. The first-order chi connectivity index (χ1) is 9.80. The van der Waals surface area contributed by atoms with E-state index >= 15 is 0 Å². The Kier molecular flexibility index (Phi) is 3.54. The summed E-state index contributed by atoms with van der Waals surface area (Å²) in [6, 6.07) is 0. The number of amides is 1. The maximum absolute atomic E-state index is 12.4. The van der Waals surface area contributed by atoms with Gasteiger partial charge in [0.25, 0.3) is 11.5 Å². The van der Waals surface area contributed by atoms with Crippen LogP contribution in [-0.2, 0) is 4.79 Å². The molecule has 0 aliphatic rings. The van der Waals surface area contributed by atoms with Crippen LogP contribution < -0.4 is 10.9 Å². The van der Waals surface area contributed by atoms with Crippen molar-refractivity contribution in [3.63, 3.8) is 0 Å². The Bertz CT molecular complexity index is 776. The summed E-state index contributed by atoms with van der Waals surface area (Å²) in [5, 5.41) is 11.6. The largest absolute Gasteiger partial charge is 0.480 e. The fourth-order valence-electron chi connectivity index (χ4n) is 1.93. The second-order valence-corrected chi connectivity index (χ2v) is 4.89. The number of hydrogen-bond acceptors (Lipinski definition) is 5. The lowest BCUT2D eigenvalue weighted by Gasteiger charge is -2.24. The number of nitrogens with one attached hydrogen (secondary N) is 2. The van der Waals surface area contributed by atoms with Gasteiger partial charge in [0.15, 0.2) is 0 Å². The number of carboxylic acids is 1. The van der Waals surface area contributed by atoms with Crippen molar-refractivity contribution >= 4 is 23.0 Å². The quantitative estimate of drug-likeness (QED) is 0.765. The second kappa shape index (κ2) is 5.04. The van der Waals surface area contributed by atoms with Gasteiger partial charge in [0.2, 0.25) is 5.71 Å². The topological polar surface area (TPSA) is 125 Å². The number of H-pyrrole nitrogens is 1. The van der Waals surface area contributed by atoms with Gasteiger partial charge >= 0.3 is 5.97 Å². The summed E-state index contributed by atoms with van der Waals surface area (Å²) in [7, 11) is 0. The highest BCUT2D eigenvalue weighted by Crippen LogP contribution is 2.21. The zero-order valence-corrected chi connectivity index (χ0v) is 11.8. The number of carbonyl (C=O) groups excluding carboxylic acids is 1. The standard InChI is InChI=1S/C13H15N3O5/c1-4-13(3,12(19)20)16-10(18)7-6(2)21-11-8(7)9(17)14-5-15-11/h5H,4H2,1-3H3,(H,16,18)(H,19,20)(H,14,15,17). The van der Waals surface area contributed by atoms with Gasteiger partial charge in [-0.05, 0) is 20.3 Å². The Hall–Kier alpha value is -2.64. The molecule has 0 aromatic carbocycles. The van der Waals surface area contributed by atoms with Gasteiger partial charge < -0.3 is 19.8 Å². The van der Waals surface area contributed by atoms with Crippen molar-refractivity contribution in [3.8, 4) is 0 Å². The monoisotopic (exact) mass is 293 g/mol. The van der Waals surface area contributed by atoms with Crippen molar-refractivity contribution in [1.29, 1.82) is 0 Å². The van der Waals surface area contributed by atoms with E-state index in [0.717, 1.165) is 0 Å². The van der Waals surface area contributed by atoms with Crippen LogP contribution in [0.2, 0.25) is 0 Å². The Labute approximate surface area is 119 Å². The Morgan fingerprint density at radius 2 is 2.19 bits per heavy atom. The molecule has 1 atom stereocenters. The lowest BCUT2D eigenvalue weighted by Crippen LogP contribution is -2.51. The highest BCUT2D eigenvalue weighted by atomic mass is 16.4. The summed E-state index contributed by atoms with van der Waals surface area (Å²) >= 11 is 0. The van der Waals surface area contributed by atoms with Gasteiger partial charge in [0.05, 0.1) is 11.9 Å². The molecule has 0 saturated carbocycles. The molecule has 8 heteroatoms. The van der Waals surface area contributed by atoms with E-state index in [2.05, 4.69) is 15.3 Å². The van der Waals surface area contributed by atoms with Crippen molar-refractivity contribution in [2.75, 3.05) is 0 Å². The van der Waals surface area contributed by atoms with Crippen LogP contribution in [-0.4, -0.2) is 32.5 Å². The summed E-state index contributed by atoms with van der Waals surface area (Å²) in [5.74, 6) is -1.64. The fourth-order valence-corrected chi connectivity index (χ4v) is 1.93. The molecule has 0 saturated heterocycles. The van der Waals surface area contributed by atoms with Crippen LogP contribution in [0.15, 0.2) is 15.5 Å². The van der Waals surface area contributed by atoms with Crippen molar-refractivity contribution in [2.24, 2.45) is 0 Å². The number of rotatable bonds is 4. The Morgan fingerprint density at radius 1 is 1.52 bits per heavy atom. The molecule has 0 bridgehead atoms. The first-order valence-corrected chi connectivity index (χ1v) is 6.33. The molecule has 1 unspecified atom stereocenters. The normalized spacial score (nSPS) is 13.9. The predicted molar refractivity (Wildman–Crippen MR) is 73.2 cm³/mol. The molecular formula is C13H15N3O5. The van der Waals surface area contributed by atoms with Crippen LogP contribution in [0.4, 0.5) is 0 Å². The average molecular weight is 293 g/mol. The first kappa shape index (κ1) is 14.8. The smallest absolute Gasteiger partial charge is 0.329 e. The summed E-state index contributed by atoms with van der Waals surface area (Å²) < 4.78 is 5.27. The zero-order valence-electron chi connectivity index (χ0n) is 11.8. The molecule has 0 spiro atoms. The van der Waals surface area contributed by atoms with Crippen LogP contribution in [0.5, 0.6) is 0 Å². The molecule has 2 rings (SSSR count). The number of hydrogen-bond donors (Lipinski definition) is 3. The minimum atomic E-state index is -1.43. The summed E-state index contributed by atoms with van der Waals surface area (Å²) in [6.07, 6.45) is 1.36. The van der Waals surface area contributed by atoms with Crippen LogP contribution in [0.3, 0.4) is 0 Å². The van der Waals surface area contributed by atoms with Crippen molar-refractivity contribution in [3.05, 3.63) is 28.0 Å². The van der Waals surface area contributed by atoms with Crippen molar-refractivity contribution in [1.82, 2.24) is 15.3 Å². The number of fused-ring (bicyclic) bond motifs is 1. The average Bonchev–Trinajstić information content (AvgIpc) is 2.76. The molecule has 3 N–H and O–H groups in total. The summed E-state index contributed by atoms with van der Waals surface area (Å²) in [6.45, 7) is 4.55. The number of aliphatic carboxylic acids is 1. The van der Waals surface area contributed by atoms with Gasteiger partial charge in [-0.2, -0.15) is 0 Å². The number of aromatic nitrogens is 2. The molecule has 0 radical (unpaired) electrons. The van der Waals surface area contributed by atoms with Crippen molar-refractivity contribution in [2.45, 2.75) is 32.7 Å². The van der Waals surface area contributed by atoms with E-state index in [1.54, 1.807) is 6.92 Å². The minimum Gasteiger partial charge on any atom is -0.480 e. The van der Waals surface area contributed by atoms with Crippen LogP contribution in [0.1, 0.15) is 36.4 Å². The van der Waals surface area contributed by atoms with E-state index < -0.39 is 23.0 Å². The molecule has 112 valence electrons. The van der Waals surface area contributed by atoms with E-state index in [9.17, 15) is 19.5 Å². The molecule has 2 aromatic rings. The van der Waals surface area contributed by atoms with E-state index in [4.69, 9.17) is 4.42 Å². The maximum atomic E-state index is 12.4. The molecule has 2 heterocycles. The second-order valence-electron chi connectivity index (χ2n) is 4.89. The van der Waals surface area contributed by atoms with E-state index in [-0.39, 0.29) is 28.8 Å². The van der Waals surface area contributed by atoms with E-state index in [1.165, 1.54) is 20.2 Å². The molecule has 21 heavy (non-hydrogen) atoms. The van der Waals surface area contributed by atoms with E-state index in [0.29, 0.717) is 0 Å². The van der Waals surface area contributed by atoms with Gasteiger partial charge in [0.1, 0.15) is 16.7 Å². The van der Waals surface area contributed by atoms with Crippen molar-refractivity contribution < 1.29 is 19.1 Å². The highest BCUT2D eigenvalue weighted by molar-refractivity contribution is 6.07. The SMILES string of the molecule is CCC(C)(NC(=O)c1c(C)oc2nc[nH]c(=O)c12)C(=O)O. The van der Waals surface area contributed by atoms with Gasteiger partial charge in [0, 0.05) is 0 Å². The lowest BCUT2D eigenvalue weighted by molar-refractivity contribution is -0.143. The first-order valence-electron chi connectivity index (χ1n) is 6.33. The molecule has 0 aliphatic heterocycles. The molecule has 8 nitrogen and oxygen atoms in total. The number of nitrogens with zero attached hydrogens (tertiary/aromatic N) is 1. The van der Waals surface area contributed by atoms with Gasteiger partial charge in [-0.3, -0.25) is 9.59 Å². The van der Waals surface area contributed by atoms with Gasteiger partial charge in [-0.15, -0.1) is 0 Å². The number of aromatic amines is 1. The number of carboxylic acid groups (broad SMARTS) is 1. The van der Waals surface area contributed by atoms with Crippen LogP contribution in [0.25, 0.3) is 11.1 Å². The third kappa shape index (κ3) is 2.39. The minimum absolute atomic E-state index is 0.000255. The molecular weight excluding hydrogens is 278 g/mol. The number of furan rings is 1. The van der Waals surface area contributed by atoms with E-state index in [1.807, 2.05) is 0 Å². The van der Waals surface area contributed by atoms with Gasteiger partial charge in [-0.25, -0.2) is 9.78 Å². The number of aryl methyl sites for hydroxylation is 1.